The van der Waals surface area contributed by atoms with Gasteiger partial charge in [0.2, 0.25) is 11.9 Å². The highest BCUT2D eigenvalue weighted by Crippen LogP contribution is 2.27. The summed E-state index contributed by atoms with van der Waals surface area (Å²) in [5.41, 5.74) is 12.4. The molecule has 0 saturated carbocycles. The number of amides is 1. The number of ether oxygens (including phenoxy) is 1. The number of nitrogen functional groups attached to an aromatic ring is 1. The smallest absolute Gasteiger partial charge is 0.237 e. The van der Waals surface area contributed by atoms with Crippen LogP contribution in [0.5, 0.6) is 5.75 Å². The molecule has 0 spiro atoms. The first-order chi connectivity index (χ1) is 8.63. The van der Waals surface area contributed by atoms with E-state index in [2.05, 4.69) is 4.98 Å². The number of hydrogen-bond acceptors (Lipinski definition) is 4. The van der Waals surface area contributed by atoms with Gasteiger partial charge in [-0.3, -0.25) is 4.79 Å². The first kappa shape index (κ1) is 12.2. The molecule has 0 bridgehead atoms. The molecule has 0 atom stereocenters. The minimum atomic E-state index is -0.458. The van der Waals surface area contributed by atoms with Gasteiger partial charge in [0.1, 0.15) is 17.8 Å². The van der Waals surface area contributed by atoms with Crippen molar-refractivity contribution in [2.24, 2.45) is 5.73 Å². The lowest BCUT2D eigenvalue weighted by Crippen LogP contribution is -2.19. The van der Waals surface area contributed by atoms with Gasteiger partial charge in [-0.25, -0.2) is 4.98 Å². The summed E-state index contributed by atoms with van der Waals surface area (Å²) >= 11 is 0. The molecule has 0 aliphatic carbocycles. The second-order valence-corrected chi connectivity index (χ2v) is 3.99. The third kappa shape index (κ3) is 2.22. The van der Waals surface area contributed by atoms with Crippen LogP contribution in [0.25, 0.3) is 11.0 Å². The Hall–Kier alpha value is -2.24. The highest BCUT2D eigenvalue weighted by Gasteiger charge is 2.13. The van der Waals surface area contributed by atoms with E-state index in [-0.39, 0.29) is 12.5 Å². The zero-order valence-corrected chi connectivity index (χ0v) is 10.2. The van der Waals surface area contributed by atoms with E-state index in [1.807, 2.05) is 25.1 Å². The van der Waals surface area contributed by atoms with Crippen molar-refractivity contribution in [2.45, 2.75) is 19.9 Å². The summed E-state index contributed by atoms with van der Waals surface area (Å²) in [6, 6.07) is 5.51. The Balaban J connectivity index is 2.48. The maximum atomic E-state index is 11.0. The van der Waals surface area contributed by atoms with Crippen LogP contribution < -0.4 is 16.2 Å². The van der Waals surface area contributed by atoms with Gasteiger partial charge in [0.05, 0.1) is 12.1 Å². The Labute approximate surface area is 105 Å². The molecule has 0 aliphatic heterocycles. The van der Waals surface area contributed by atoms with Gasteiger partial charge in [0.15, 0.2) is 0 Å². The molecule has 0 fully saturated rings. The van der Waals surface area contributed by atoms with E-state index in [4.69, 9.17) is 16.2 Å². The summed E-state index contributed by atoms with van der Waals surface area (Å²) in [5.74, 6) is 0.474. The van der Waals surface area contributed by atoms with Crippen molar-refractivity contribution < 1.29 is 9.53 Å². The van der Waals surface area contributed by atoms with Crippen LogP contribution in [0, 0.1) is 0 Å². The van der Waals surface area contributed by atoms with Crippen LogP contribution in [-0.4, -0.2) is 22.1 Å². The van der Waals surface area contributed by atoms with Crippen LogP contribution in [0.1, 0.15) is 13.3 Å². The summed E-state index contributed by atoms with van der Waals surface area (Å²) in [7, 11) is 0. The number of rotatable bonds is 5. The second-order valence-electron chi connectivity index (χ2n) is 3.99. The normalized spacial score (nSPS) is 10.7. The highest BCUT2D eigenvalue weighted by molar-refractivity contribution is 5.86. The molecule has 2 aromatic rings. The molecule has 6 nitrogen and oxygen atoms in total. The predicted molar refractivity (Wildman–Crippen MR) is 69.1 cm³/mol. The number of aromatic nitrogens is 2. The van der Waals surface area contributed by atoms with Crippen molar-refractivity contribution in [1.29, 1.82) is 0 Å². The number of primary amides is 1. The van der Waals surface area contributed by atoms with Crippen LogP contribution in [0.2, 0.25) is 0 Å². The number of para-hydroxylation sites is 1. The molecule has 1 aromatic carbocycles. The van der Waals surface area contributed by atoms with Crippen LogP contribution in [0.15, 0.2) is 18.2 Å². The van der Waals surface area contributed by atoms with E-state index in [1.54, 1.807) is 4.57 Å². The Bertz CT molecular complexity index is 577. The van der Waals surface area contributed by atoms with Crippen LogP contribution in [-0.2, 0) is 11.3 Å². The van der Waals surface area contributed by atoms with E-state index in [0.717, 1.165) is 11.9 Å². The summed E-state index contributed by atoms with van der Waals surface area (Å²) in [6.45, 7) is 2.65. The third-order valence-electron chi connectivity index (χ3n) is 2.55. The molecule has 4 N–H and O–H groups in total. The van der Waals surface area contributed by atoms with Crippen molar-refractivity contribution in [1.82, 2.24) is 9.55 Å². The SMILES string of the molecule is CCCOc1cccc2c1nc(N)n2CC(N)=O. The van der Waals surface area contributed by atoms with Crippen LogP contribution in [0.3, 0.4) is 0 Å². The number of nitrogens with two attached hydrogens (primary N) is 2. The fourth-order valence-corrected chi connectivity index (χ4v) is 1.79. The molecular weight excluding hydrogens is 232 g/mol. The van der Waals surface area contributed by atoms with Crippen LogP contribution in [0.4, 0.5) is 5.95 Å². The molecule has 18 heavy (non-hydrogen) atoms. The van der Waals surface area contributed by atoms with Crippen molar-refractivity contribution >= 4 is 22.9 Å². The van der Waals surface area contributed by atoms with Gasteiger partial charge in [-0.05, 0) is 18.6 Å². The molecule has 1 aromatic heterocycles. The van der Waals surface area contributed by atoms with Crippen LogP contribution >= 0.6 is 0 Å². The number of imidazole rings is 1. The minimum Gasteiger partial charge on any atom is -0.491 e. The molecule has 1 amide bonds. The van der Waals surface area contributed by atoms with Crippen molar-refractivity contribution in [3.8, 4) is 5.75 Å². The molecular formula is C12H16N4O2. The number of benzene rings is 1. The molecule has 0 radical (unpaired) electrons. The van der Waals surface area contributed by atoms with Gasteiger partial charge in [-0.15, -0.1) is 0 Å². The average molecular weight is 248 g/mol. The zero-order valence-electron chi connectivity index (χ0n) is 10.2. The van der Waals surface area contributed by atoms with Gasteiger partial charge in [0, 0.05) is 0 Å². The second kappa shape index (κ2) is 4.95. The molecule has 1 heterocycles. The summed E-state index contributed by atoms with van der Waals surface area (Å²) in [4.78, 5) is 15.2. The van der Waals surface area contributed by atoms with Crippen molar-refractivity contribution in [3.05, 3.63) is 18.2 Å². The number of fused-ring (bicyclic) bond motifs is 1. The van der Waals surface area contributed by atoms with E-state index in [9.17, 15) is 4.79 Å². The van der Waals surface area contributed by atoms with Gasteiger partial charge < -0.3 is 20.8 Å². The zero-order chi connectivity index (χ0) is 13.1. The first-order valence-electron chi connectivity index (χ1n) is 5.79. The standard InChI is InChI=1S/C12H16N4O2/c1-2-6-18-9-5-3-4-8-11(9)15-12(14)16(8)7-10(13)17/h3-5H,2,6-7H2,1H3,(H2,13,17)(H2,14,15). The monoisotopic (exact) mass is 248 g/mol. The van der Waals surface area contributed by atoms with E-state index >= 15 is 0 Å². The number of hydrogen-bond donors (Lipinski definition) is 2. The Morgan fingerprint density at radius 1 is 1.50 bits per heavy atom. The summed E-state index contributed by atoms with van der Waals surface area (Å²) in [6.07, 6.45) is 0.911. The maximum absolute atomic E-state index is 11.0. The van der Waals surface area contributed by atoms with E-state index in [1.165, 1.54) is 0 Å². The molecule has 2 rings (SSSR count). The molecule has 0 unspecified atom stereocenters. The number of anilines is 1. The number of carbonyl (C=O) groups is 1. The molecule has 0 aliphatic rings. The first-order valence-corrected chi connectivity index (χ1v) is 5.79. The van der Waals surface area contributed by atoms with Gasteiger partial charge in [-0.2, -0.15) is 0 Å². The predicted octanol–water partition coefficient (Wildman–Crippen LogP) is 0.893. The van der Waals surface area contributed by atoms with E-state index < -0.39 is 5.91 Å². The van der Waals surface area contributed by atoms with Gasteiger partial charge in [0.25, 0.3) is 0 Å². The Morgan fingerprint density at radius 2 is 2.28 bits per heavy atom. The van der Waals surface area contributed by atoms with Gasteiger partial charge >= 0.3 is 0 Å². The lowest BCUT2D eigenvalue weighted by Gasteiger charge is -2.06. The topological polar surface area (TPSA) is 96.2 Å². The van der Waals surface area contributed by atoms with Crippen molar-refractivity contribution in [2.75, 3.05) is 12.3 Å². The van der Waals surface area contributed by atoms with Crippen molar-refractivity contribution in [3.63, 3.8) is 0 Å². The lowest BCUT2D eigenvalue weighted by molar-refractivity contribution is -0.118. The maximum Gasteiger partial charge on any atom is 0.237 e. The highest BCUT2D eigenvalue weighted by atomic mass is 16.5. The number of nitrogens with zero attached hydrogens (tertiary/aromatic N) is 2. The third-order valence-corrected chi connectivity index (χ3v) is 2.55. The Kier molecular flexibility index (Phi) is 3.36. The Morgan fingerprint density at radius 3 is 2.94 bits per heavy atom. The molecule has 6 heteroatoms. The fourth-order valence-electron chi connectivity index (χ4n) is 1.79. The average Bonchev–Trinajstić information content (AvgIpc) is 2.64. The quantitative estimate of drug-likeness (QED) is 0.821. The van der Waals surface area contributed by atoms with Gasteiger partial charge in [-0.1, -0.05) is 13.0 Å². The lowest BCUT2D eigenvalue weighted by atomic mass is 10.3. The summed E-state index contributed by atoms with van der Waals surface area (Å²) in [5, 5.41) is 0. The minimum absolute atomic E-state index is 0.0135. The summed E-state index contributed by atoms with van der Waals surface area (Å²) < 4.78 is 7.17. The fraction of sp³-hybridized carbons (Fsp3) is 0.333. The molecule has 96 valence electrons. The molecule has 0 saturated heterocycles. The largest absolute Gasteiger partial charge is 0.491 e. The number of carbonyl (C=O) groups excluding carboxylic acids is 1. The van der Waals surface area contributed by atoms with E-state index in [0.29, 0.717) is 17.9 Å².